The molecule has 0 aliphatic heterocycles. The highest BCUT2D eigenvalue weighted by Gasteiger charge is 1.99. The van der Waals surface area contributed by atoms with Crippen LogP contribution < -0.4 is 17.2 Å². The van der Waals surface area contributed by atoms with Gasteiger partial charge in [-0.05, 0) is 5.21 Å². The van der Waals surface area contributed by atoms with E-state index in [0.717, 1.165) is 0 Å². The summed E-state index contributed by atoms with van der Waals surface area (Å²) in [7, 11) is 0. The molecule has 13 heavy (non-hydrogen) atoms. The van der Waals surface area contributed by atoms with Gasteiger partial charge in [0.1, 0.15) is 5.69 Å². The second-order valence-electron chi connectivity index (χ2n) is 1.70. The van der Waals surface area contributed by atoms with Crippen LogP contribution in [0.5, 0.6) is 0 Å². The van der Waals surface area contributed by atoms with E-state index in [0.29, 0.717) is 0 Å². The molecule has 1 rings (SSSR count). The summed E-state index contributed by atoms with van der Waals surface area (Å²) in [4.78, 5) is 0. The van der Waals surface area contributed by atoms with Gasteiger partial charge in [0.25, 0.3) is 11.4 Å². The zero-order valence-electron chi connectivity index (χ0n) is 6.28. The van der Waals surface area contributed by atoms with Crippen molar-refractivity contribution in [2.24, 2.45) is 0 Å². The lowest BCUT2D eigenvalue weighted by molar-refractivity contribution is 0.454. The van der Waals surface area contributed by atoms with Gasteiger partial charge in [-0.3, -0.25) is 9.11 Å². The van der Waals surface area contributed by atoms with Crippen molar-refractivity contribution in [2.75, 3.05) is 17.2 Å². The smallest absolute Gasteiger partial charge is 0.299 e. The highest BCUT2D eigenvalue weighted by Crippen LogP contribution is 2.13. The van der Waals surface area contributed by atoms with Gasteiger partial charge in [-0.25, -0.2) is 0 Å². The average Bonchev–Trinajstić information content (AvgIpc) is 1.99. The molecule has 8 N–H and O–H groups in total. The fourth-order valence-electron chi connectivity index (χ4n) is 0.358. The number of anilines is 3. The van der Waals surface area contributed by atoms with Crippen molar-refractivity contribution in [3.63, 3.8) is 0 Å². The summed E-state index contributed by atoms with van der Waals surface area (Å²) in [6.45, 7) is 0. The summed E-state index contributed by atoms with van der Waals surface area (Å²) in [6, 6.07) is 0. The lowest BCUT2D eigenvalue weighted by Crippen LogP contribution is -2.06. The molecule has 0 spiro atoms. The molecule has 1 aromatic rings. The maximum Gasteiger partial charge on any atom is 0.299 e. The van der Waals surface area contributed by atoms with Gasteiger partial charge < -0.3 is 17.2 Å². The normalized spacial score (nSPS) is 9.15. The first-order valence-electron chi connectivity index (χ1n) is 2.75. The highest BCUT2D eigenvalue weighted by atomic mass is 32.2. The van der Waals surface area contributed by atoms with Gasteiger partial charge in [-0.15, -0.1) is 10.2 Å². The van der Waals surface area contributed by atoms with Crippen LogP contribution in [0.2, 0.25) is 0 Å². The Morgan fingerprint density at radius 1 is 1.08 bits per heavy atom. The minimum absolute atomic E-state index is 0.113. The van der Waals surface area contributed by atoms with E-state index in [-0.39, 0.29) is 17.3 Å². The number of nitrogens with two attached hydrogens (primary N) is 3. The predicted molar refractivity (Wildman–Crippen MR) is 46.5 cm³/mol. The van der Waals surface area contributed by atoms with Crippen LogP contribution in [-0.4, -0.2) is 28.7 Å². The maximum atomic E-state index is 8.67. The Bertz CT molecular complexity index is 281. The molecule has 9 nitrogen and oxygen atoms in total. The standard InChI is InChI=1S/C3H6N6.H2O3S/c4-1-2(5)7-9-8-3(1)6;1-4(2)3/h(H2,4,9)(H4,5,6,7,8);(H2,1,2,3). The Hall–Kier alpha value is -1.52. The fraction of sp³-hybridized carbons (Fsp3) is 0. The molecule has 0 aliphatic carbocycles. The molecule has 0 aromatic carbocycles. The van der Waals surface area contributed by atoms with Crippen molar-refractivity contribution in [2.45, 2.75) is 0 Å². The Kier molecular flexibility index (Phi) is 4.58. The largest absolute Gasteiger partial charge is 0.393 e. The summed E-state index contributed by atoms with van der Waals surface area (Å²) in [5, 5.41) is 9.92. The summed E-state index contributed by atoms with van der Waals surface area (Å²) in [6.07, 6.45) is 0. The second-order valence-corrected chi connectivity index (χ2v) is 2.17. The van der Waals surface area contributed by atoms with E-state index >= 15 is 0 Å². The zero-order chi connectivity index (χ0) is 10.4. The lowest BCUT2D eigenvalue weighted by Gasteiger charge is -1.96. The van der Waals surface area contributed by atoms with Crippen LogP contribution in [0.4, 0.5) is 17.3 Å². The molecule has 1 heterocycles. The molecule has 0 saturated carbocycles. The molecule has 0 aliphatic rings. The summed E-state index contributed by atoms with van der Waals surface area (Å²) >= 11 is -2.61. The number of rotatable bonds is 0. The molecule has 0 bridgehead atoms. The maximum absolute atomic E-state index is 8.67. The number of hydrogen-bond donors (Lipinski definition) is 5. The minimum Gasteiger partial charge on any atom is -0.393 e. The summed E-state index contributed by atoms with van der Waals surface area (Å²) in [5.74, 6) is 0.227. The Morgan fingerprint density at radius 2 is 1.38 bits per heavy atom. The predicted octanol–water partition coefficient (Wildman–Crippen LogP) is -1.70. The quantitative estimate of drug-likeness (QED) is 0.311. The van der Waals surface area contributed by atoms with Gasteiger partial charge in [0.2, 0.25) is 0 Å². The van der Waals surface area contributed by atoms with Gasteiger partial charge in [-0.1, -0.05) is 0 Å². The first-order chi connectivity index (χ1) is 5.95. The van der Waals surface area contributed by atoms with Crippen LogP contribution in [0.15, 0.2) is 0 Å². The number of nitrogens with zero attached hydrogens (tertiary/aromatic N) is 3. The Balaban J connectivity index is 0.000000310. The van der Waals surface area contributed by atoms with E-state index in [2.05, 4.69) is 15.4 Å². The van der Waals surface area contributed by atoms with E-state index in [1.807, 2.05) is 0 Å². The third-order valence-electron chi connectivity index (χ3n) is 0.857. The molecule has 0 unspecified atom stereocenters. The summed E-state index contributed by atoms with van der Waals surface area (Å²) in [5.41, 5.74) is 15.9. The van der Waals surface area contributed by atoms with Crippen molar-refractivity contribution < 1.29 is 13.3 Å². The van der Waals surface area contributed by atoms with Crippen LogP contribution in [0.3, 0.4) is 0 Å². The zero-order valence-corrected chi connectivity index (χ0v) is 7.10. The first kappa shape index (κ1) is 11.5. The minimum atomic E-state index is -2.61. The highest BCUT2D eigenvalue weighted by molar-refractivity contribution is 7.73. The second kappa shape index (κ2) is 5.18. The molecule has 74 valence electrons. The number of aromatic nitrogens is 3. The van der Waals surface area contributed by atoms with Crippen LogP contribution >= 0.6 is 0 Å². The number of nitrogen functional groups attached to an aromatic ring is 3. The monoisotopic (exact) mass is 208 g/mol. The topological polar surface area (TPSA) is 174 Å². The van der Waals surface area contributed by atoms with Crippen molar-refractivity contribution in [1.29, 1.82) is 0 Å². The van der Waals surface area contributed by atoms with Gasteiger partial charge in [0.05, 0.1) is 0 Å². The van der Waals surface area contributed by atoms with E-state index in [4.69, 9.17) is 30.5 Å². The van der Waals surface area contributed by atoms with E-state index in [1.165, 1.54) is 0 Å². The number of hydrogen-bond acceptors (Lipinski definition) is 7. The SMILES string of the molecule is Nc1nnnc(N)c1N.O=S(O)O. The fourth-order valence-corrected chi connectivity index (χ4v) is 0.358. The third-order valence-corrected chi connectivity index (χ3v) is 0.857. The van der Waals surface area contributed by atoms with Gasteiger partial charge in [0, 0.05) is 0 Å². The van der Waals surface area contributed by atoms with Gasteiger partial charge in [-0.2, -0.15) is 4.21 Å². The Labute approximate surface area is 75.4 Å². The molecule has 0 saturated heterocycles. The molecule has 1 aromatic heterocycles. The van der Waals surface area contributed by atoms with Crippen molar-refractivity contribution in [1.82, 2.24) is 15.4 Å². The van der Waals surface area contributed by atoms with Crippen molar-refractivity contribution in [3.05, 3.63) is 0 Å². The van der Waals surface area contributed by atoms with Crippen molar-refractivity contribution in [3.8, 4) is 0 Å². The molecule has 0 amide bonds. The van der Waals surface area contributed by atoms with Crippen LogP contribution in [0.1, 0.15) is 0 Å². The molecular formula is C3H8N6O3S. The van der Waals surface area contributed by atoms with Crippen molar-refractivity contribution >= 4 is 28.7 Å². The molecule has 10 heteroatoms. The van der Waals surface area contributed by atoms with E-state index in [1.54, 1.807) is 0 Å². The average molecular weight is 208 g/mol. The molecular weight excluding hydrogens is 200 g/mol. The van der Waals surface area contributed by atoms with Crippen LogP contribution in [-0.2, 0) is 11.4 Å². The van der Waals surface area contributed by atoms with E-state index in [9.17, 15) is 0 Å². The Morgan fingerprint density at radius 3 is 1.62 bits per heavy atom. The van der Waals surface area contributed by atoms with Crippen LogP contribution in [0.25, 0.3) is 0 Å². The lowest BCUT2D eigenvalue weighted by atomic mass is 10.5. The van der Waals surface area contributed by atoms with Gasteiger partial charge >= 0.3 is 0 Å². The molecule has 0 radical (unpaired) electrons. The third kappa shape index (κ3) is 4.84. The van der Waals surface area contributed by atoms with Gasteiger partial charge in [0.15, 0.2) is 11.6 Å². The summed E-state index contributed by atoms with van der Waals surface area (Å²) < 4.78 is 22.8. The van der Waals surface area contributed by atoms with E-state index < -0.39 is 11.4 Å². The molecule has 0 atom stereocenters. The first-order valence-corrected chi connectivity index (χ1v) is 3.81. The molecule has 0 fully saturated rings. The van der Waals surface area contributed by atoms with Crippen LogP contribution in [0, 0.1) is 0 Å².